The number of piperidine rings is 1. The molecule has 2 aliphatic rings. The standard InChI is InChI=1S/C17H19N3O4/c21-16-8-11-7-12-13(19-24-15(12)9-14(11)18-16)2-1-10-3-5-20(6-4-10)17(22)23/h7,9-10H,1-6,8H2,(H,18,21)(H,22,23). The lowest BCUT2D eigenvalue weighted by Gasteiger charge is -2.29. The normalized spacial score (nSPS) is 18.0. The Kier molecular flexibility index (Phi) is 3.63. The van der Waals surface area contributed by atoms with E-state index in [2.05, 4.69) is 10.5 Å². The number of carbonyl (C=O) groups excluding carboxylic acids is 1. The average Bonchev–Trinajstić information content (AvgIpc) is 3.12. The number of rotatable bonds is 3. The van der Waals surface area contributed by atoms with Gasteiger partial charge in [-0.1, -0.05) is 5.16 Å². The molecule has 1 aromatic heterocycles. The Morgan fingerprint density at radius 3 is 2.92 bits per heavy atom. The van der Waals surface area contributed by atoms with Gasteiger partial charge < -0.3 is 19.8 Å². The van der Waals surface area contributed by atoms with Crippen LogP contribution in [0.4, 0.5) is 10.5 Å². The summed E-state index contributed by atoms with van der Waals surface area (Å²) in [7, 11) is 0. The van der Waals surface area contributed by atoms with Gasteiger partial charge in [0.1, 0.15) is 0 Å². The molecule has 0 saturated carbocycles. The highest BCUT2D eigenvalue weighted by atomic mass is 16.5. The molecular weight excluding hydrogens is 310 g/mol. The van der Waals surface area contributed by atoms with E-state index in [4.69, 9.17) is 9.63 Å². The molecule has 0 bridgehead atoms. The maximum Gasteiger partial charge on any atom is 0.407 e. The van der Waals surface area contributed by atoms with E-state index in [-0.39, 0.29) is 5.91 Å². The largest absolute Gasteiger partial charge is 0.465 e. The van der Waals surface area contributed by atoms with Crippen LogP contribution >= 0.6 is 0 Å². The van der Waals surface area contributed by atoms with Crippen LogP contribution < -0.4 is 5.32 Å². The SMILES string of the molecule is O=C1Cc2cc3c(CCC4CCN(C(=O)O)CC4)noc3cc2N1. The van der Waals surface area contributed by atoms with Gasteiger partial charge in [0.2, 0.25) is 5.91 Å². The Bertz CT molecular complexity index is 806. The van der Waals surface area contributed by atoms with E-state index in [1.54, 1.807) is 0 Å². The number of hydrogen-bond acceptors (Lipinski definition) is 4. The van der Waals surface area contributed by atoms with Gasteiger partial charge in [-0.2, -0.15) is 0 Å². The molecule has 0 spiro atoms. The molecule has 2 amide bonds. The Hall–Kier alpha value is -2.57. The molecule has 7 heteroatoms. The fourth-order valence-electron chi connectivity index (χ4n) is 3.64. The average molecular weight is 329 g/mol. The minimum Gasteiger partial charge on any atom is -0.465 e. The van der Waals surface area contributed by atoms with Crippen molar-refractivity contribution < 1.29 is 19.2 Å². The molecule has 0 radical (unpaired) electrons. The smallest absolute Gasteiger partial charge is 0.407 e. The van der Waals surface area contributed by atoms with Gasteiger partial charge >= 0.3 is 6.09 Å². The van der Waals surface area contributed by atoms with Crippen LogP contribution in [0.3, 0.4) is 0 Å². The Balaban J connectivity index is 1.43. The van der Waals surface area contributed by atoms with E-state index in [1.165, 1.54) is 4.90 Å². The van der Waals surface area contributed by atoms with Crippen molar-refractivity contribution in [1.29, 1.82) is 0 Å². The highest BCUT2D eigenvalue weighted by Gasteiger charge is 2.24. The molecule has 1 saturated heterocycles. The molecule has 3 heterocycles. The van der Waals surface area contributed by atoms with Crippen LogP contribution in [0, 0.1) is 5.92 Å². The van der Waals surface area contributed by atoms with Gasteiger partial charge in [0.05, 0.1) is 12.1 Å². The third-order valence-corrected chi connectivity index (χ3v) is 5.07. The molecular formula is C17H19N3O4. The van der Waals surface area contributed by atoms with Crippen molar-refractivity contribution in [3.8, 4) is 0 Å². The molecule has 2 N–H and O–H groups in total. The number of aromatic nitrogens is 1. The molecule has 126 valence electrons. The van der Waals surface area contributed by atoms with Crippen molar-refractivity contribution in [1.82, 2.24) is 10.1 Å². The lowest BCUT2D eigenvalue weighted by Crippen LogP contribution is -2.37. The van der Waals surface area contributed by atoms with Gasteiger partial charge in [-0.15, -0.1) is 0 Å². The summed E-state index contributed by atoms with van der Waals surface area (Å²) in [4.78, 5) is 23.9. The van der Waals surface area contributed by atoms with Gasteiger partial charge in [0.15, 0.2) is 5.58 Å². The van der Waals surface area contributed by atoms with E-state index in [0.717, 1.165) is 48.0 Å². The zero-order valence-electron chi connectivity index (χ0n) is 13.2. The minimum absolute atomic E-state index is 0.0114. The number of amides is 2. The molecule has 2 aliphatic heterocycles. The fraction of sp³-hybridized carbons (Fsp3) is 0.471. The van der Waals surface area contributed by atoms with Crippen LogP contribution in [0.15, 0.2) is 16.7 Å². The van der Waals surface area contributed by atoms with Gasteiger partial charge in [-0.05, 0) is 43.2 Å². The molecule has 24 heavy (non-hydrogen) atoms. The summed E-state index contributed by atoms with van der Waals surface area (Å²) in [6.07, 6.45) is 3.16. The number of anilines is 1. The Morgan fingerprint density at radius 1 is 1.38 bits per heavy atom. The molecule has 1 fully saturated rings. The van der Waals surface area contributed by atoms with Gasteiger partial charge in [-0.3, -0.25) is 4.79 Å². The fourth-order valence-corrected chi connectivity index (χ4v) is 3.64. The van der Waals surface area contributed by atoms with Gasteiger partial charge in [0.25, 0.3) is 0 Å². The van der Waals surface area contributed by atoms with Crippen molar-refractivity contribution in [2.24, 2.45) is 5.92 Å². The topological polar surface area (TPSA) is 95.7 Å². The van der Waals surface area contributed by atoms with E-state index >= 15 is 0 Å². The number of likely N-dealkylation sites (tertiary alicyclic amines) is 1. The van der Waals surface area contributed by atoms with Crippen molar-refractivity contribution >= 4 is 28.7 Å². The predicted molar refractivity (Wildman–Crippen MR) is 87.0 cm³/mol. The summed E-state index contributed by atoms with van der Waals surface area (Å²) < 4.78 is 5.41. The van der Waals surface area contributed by atoms with Crippen LogP contribution in [0.25, 0.3) is 11.0 Å². The van der Waals surface area contributed by atoms with Gasteiger partial charge in [-0.25, -0.2) is 4.79 Å². The van der Waals surface area contributed by atoms with Gasteiger partial charge in [0, 0.05) is 30.2 Å². The zero-order valence-corrected chi connectivity index (χ0v) is 13.2. The maximum atomic E-state index is 11.5. The summed E-state index contributed by atoms with van der Waals surface area (Å²) in [5, 5.41) is 17.0. The first-order valence-electron chi connectivity index (χ1n) is 8.29. The lowest BCUT2D eigenvalue weighted by molar-refractivity contribution is -0.115. The summed E-state index contributed by atoms with van der Waals surface area (Å²) in [6, 6.07) is 3.85. The quantitative estimate of drug-likeness (QED) is 0.902. The predicted octanol–water partition coefficient (Wildman–Crippen LogP) is 2.65. The zero-order chi connectivity index (χ0) is 16.7. The molecule has 7 nitrogen and oxygen atoms in total. The number of carbonyl (C=O) groups is 2. The van der Waals surface area contributed by atoms with E-state index < -0.39 is 6.09 Å². The molecule has 0 aliphatic carbocycles. The number of nitrogens with one attached hydrogen (secondary N) is 1. The number of carboxylic acid groups (broad SMARTS) is 1. The third-order valence-electron chi connectivity index (χ3n) is 5.07. The molecule has 1 aromatic carbocycles. The van der Waals surface area contributed by atoms with Crippen molar-refractivity contribution in [3.63, 3.8) is 0 Å². The second-order valence-electron chi connectivity index (χ2n) is 6.61. The van der Waals surface area contributed by atoms with Crippen molar-refractivity contribution in [3.05, 3.63) is 23.4 Å². The molecule has 0 unspecified atom stereocenters. The monoisotopic (exact) mass is 329 g/mol. The first kappa shape index (κ1) is 15.0. The number of aryl methyl sites for hydroxylation is 1. The van der Waals surface area contributed by atoms with E-state index in [9.17, 15) is 9.59 Å². The highest BCUT2D eigenvalue weighted by Crippen LogP contribution is 2.31. The first-order valence-corrected chi connectivity index (χ1v) is 8.29. The van der Waals surface area contributed by atoms with Crippen molar-refractivity contribution in [2.45, 2.75) is 32.1 Å². The summed E-state index contributed by atoms with van der Waals surface area (Å²) in [5.41, 5.74) is 3.43. The minimum atomic E-state index is -0.826. The number of nitrogens with zero attached hydrogens (tertiary/aromatic N) is 2. The Morgan fingerprint density at radius 2 is 2.17 bits per heavy atom. The first-order chi connectivity index (χ1) is 11.6. The van der Waals surface area contributed by atoms with Crippen LogP contribution in [0.5, 0.6) is 0 Å². The van der Waals surface area contributed by atoms with Crippen molar-refractivity contribution in [2.75, 3.05) is 18.4 Å². The van der Waals surface area contributed by atoms with Crippen LogP contribution in [-0.2, 0) is 17.6 Å². The second kappa shape index (κ2) is 5.81. The van der Waals surface area contributed by atoms with Crippen LogP contribution in [-0.4, -0.2) is 40.3 Å². The number of benzene rings is 1. The summed E-state index contributed by atoms with van der Waals surface area (Å²) in [5.74, 6) is 0.530. The van der Waals surface area contributed by atoms with Crippen LogP contribution in [0.1, 0.15) is 30.5 Å². The highest BCUT2D eigenvalue weighted by molar-refractivity contribution is 6.02. The summed E-state index contributed by atoms with van der Waals surface area (Å²) in [6.45, 7) is 1.22. The van der Waals surface area contributed by atoms with Crippen LogP contribution in [0.2, 0.25) is 0 Å². The van der Waals surface area contributed by atoms with E-state index in [0.29, 0.717) is 31.0 Å². The Labute approximate surface area is 138 Å². The molecule has 4 rings (SSSR count). The molecule has 2 aromatic rings. The third kappa shape index (κ3) is 2.70. The number of hydrogen-bond donors (Lipinski definition) is 2. The second-order valence-corrected chi connectivity index (χ2v) is 6.61. The summed E-state index contributed by atoms with van der Waals surface area (Å²) >= 11 is 0. The molecule has 0 atom stereocenters. The van der Waals surface area contributed by atoms with E-state index in [1.807, 2.05) is 12.1 Å². The number of fused-ring (bicyclic) bond motifs is 2. The lowest BCUT2D eigenvalue weighted by atomic mass is 9.91. The maximum absolute atomic E-state index is 11.5.